The van der Waals surface area contributed by atoms with Crippen LogP contribution in [0, 0.1) is 5.82 Å². The molecule has 1 unspecified atom stereocenters. The van der Waals surface area contributed by atoms with Gasteiger partial charge in [0.05, 0.1) is 16.8 Å². The van der Waals surface area contributed by atoms with E-state index in [4.69, 9.17) is 17.3 Å². The molecular weight excluding hydrogens is 295 g/mol. The van der Waals surface area contributed by atoms with Crippen LogP contribution in [0.3, 0.4) is 0 Å². The maximum absolute atomic E-state index is 13.8. The average Bonchev–Trinajstić information content (AvgIpc) is 2.40. The van der Waals surface area contributed by atoms with Crippen molar-refractivity contribution < 1.29 is 14.3 Å². The van der Waals surface area contributed by atoms with Crippen molar-refractivity contribution >= 4 is 23.2 Å². The quantitative estimate of drug-likeness (QED) is 0.809. The van der Waals surface area contributed by atoms with Gasteiger partial charge in [-0.05, 0) is 31.2 Å². The van der Waals surface area contributed by atoms with E-state index in [2.05, 4.69) is 5.32 Å². The van der Waals surface area contributed by atoms with Crippen LogP contribution in [0.1, 0.15) is 28.9 Å². The minimum Gasteiger partial charge on any atom is -0.508 e. The smallest absolute Gasteiger partial charge is 0.248 e. The number of anilines is 1. The fourth-order valence-corrected chi connectivity index (χ4v) is 2.14. The summed E-state index contributed by atoms with van der Waals surface area (Å²) in [5.74, 6) is -1.24. The number of hydrogen-bond donors (Lipinski definition) is 3. The Kier molecular flexibility index (Phi) is 4.33. The maximum Gasteiger partial charge on any atom is 0.248 e. The van der Waals surface area contributed by atoms with Crippen molar-refractivity contribution in [2.24, 2.45) is 5.73 Å². The van der Waals surface area contributed by atoms with Crippen LogP contribution in [0.15, 0.2) is 36.4 Å². The Morgan fingerprint density at radius 1 is 1.33 bits per heavy atom. The van der Waals surface area contributed by atoms with Crippen molar-refractivity contribution in [3.8, 4) is 5.75 Å². The first-order valence-electron chi connectivity index (χ1n) is 6.23. The molecule has 2 aromatic rings. The van der Waals surface area contributed by atoms with Gasteiger partial charge in [0, 0.05) is 17.2 Å². The number of halogens is 2. The van der Waals surface area contributed by atoms with Crippen LogP contribution in [-0.2, 0) is 0 Å². The van der Waals surface area contributed by atoms with Gasteiger partial charge in [0.2, 0.25) is 5.91 Å². The van der Waals surface area contributed by atoms with Crippen molar-refractivity contribution in [1.29, 1.82) is 0 Å². The predicted octanol–water partition coefficient (Wildman–Crippen LogP) is 3.46. The molecule has 0 bridgehead atoms. The van der Waals surface area contributed by atoms with E-state index in [9.17, 15) is 14.3 Å². The van der Waals surface area contributed by atoms with Crippen LogP contribution < -0.4 is 11.1 Å². The molecule has 0 aliphatic carbocycles. The van der Waals surface area contributed by atoms with Crippen LogP contribution in [0.5, 0.6) is 5.75 Å². The fraction of sp³-hybridized carbons (Fsp3) is 0.133. The van der Waals surface area contributed by atoms with Gasteiger partial charge in [0.15, 0.2) is 0 Å². The summed E-state index contributed by atoms with van der Waals surface area (Å²) in [6.07, 6.45) is 0. The number of rotatable bonds is 4. The lowest BCUT2D eigenvalue weighted by Gasteiger charge is -2.18. The number of benzene rings is 2. The highest BCUT2D eigenvalue weighted by molar-refractivity contribution is 6.33. The fourth-order valence-electron chi connectivity index (χ4n) is 1.97. The lowest BCUT2D eigenvalue weighted by Crippen LogP contribution is -2.13. The number of aromatic hydroxyl groups is 1. The molecule has 1 atom stereocenters. The second kappa shape index (κ2) is 6.01. The Balaban J connectivity index is 2.28. The molecule has 0 saturated carbocycles. The number of phenols is 1. The van der Waals surface area contributed by atoms with Gasteiger partial charge in [0.1, 0.15) is 11.6 Å². The molecule has 0 aliphatic heterocycles. The second-order valence-corrected chi connectivity index (χ2v) is 5.04. The van der Waals surface area contributed by atoms with E-state index in [-0.39, 0.29) is 5.75 Å². The van der Waals surface area contributed by atoms with Crippen molar-refractivity contribution in [1.82, 2.24) is 0 Å². The zero-order valence-electron chi connectivity index (χ0n) is 11.2. The number of nitrogens with two attached hydrogens (primary N) is 1. The van der Waals surface area contributed by atoms with Crippen LogP contribution in [-0.4, -0.2) is 11.0 Å². The Labute approximate surface area is 126 Å². The number of carbonyl (C=O) groups excluding carboxylic acids is 1. The summed E-state index contributed by atoms with van der Waals surface area (Å²) in [6, 6.07) is 8.08. The summed E-state index contributed by atoms with van der Waals surface area (Å²) < 4.78 is 13.8. The highest BCUT2D eigenvalue weighted by atomic mass is 35.5. The molecule has 0 saturated heterocycles. The number of primary amides is 1. The topological polar surface area (TPSA) is 75.3 Å². The summed E-state index contributed by atoms with van der Waals surface area (Å²) in [5, 5.41) is 12.6. The third kappa shape index (κ3) is 3.44. The van der Waals surface area contributed by atoms with Gasteiger partial charge in [-0.25, -0.2) is 4.39 Å². The molecule has 4 nitrogen and oxygen atoms in total. The first kappa shape index (κ1) is 15.1. The third-order valence-corrected chi connectivity index (χ3v) is 3.40. The average molecular weight is 309 g/mol. The molecule has 0 radical (unpaired) electrons. The van der Waals surface area contributed by atoms with Crippen LogP contribution in [0.2, 0.25) is 5.02 Å². The Hall–Kier alpha value is -2.27. The van der Waals surface area contributed by atoms with Gasteiger partial charge in [-0.3, -0.25) is 4.79 Å². The summed E-state index contributed by atoms with van der Waals surface area (Å²) in [5.41, 5.74) is 6.37. The molecule has 2 rings (SSSR count). The van der Waals surface area contributed by atoms with Gasteiger partial charge in [0.25, 0.3) is 0 Å². The predicted molar refractivity (Wildman–Crippen MR) is 80.1 cm³/mol. The van der Waals surface area contributed by atoms with E-state index in [1.54, 1.807) is 13.0 Å². The molecule has 0 fully saturated rings. The molecule has 0 spiro atoms. The highest BCUT2D eigenvalue weighted by Gasteiger charge is 2.14. The second-order valence-electron chi connectivity index (χ2n) is 4.63. The minimum absolute atomic E-state index is 0.141. The molecule has 0 heterocycles. The monoisotopic (exact) mass is 308 g/mol. The van der Waals surface area contributed by atoms with Gasteiger partial charge >= 0.3 is 0 Å². The minimum atomic E-state index is -0.571. The van der Waals surface area contributed by atoms with Crippen molar-refractivity contribution in [2.45, 2.75) is 13.0 Å². The molecule has 110 valence electrons. The van der Waals surface area contributed by atoms with E-state index in [0.29, 0.717) is 21.8 Å². The Morgan fingerprint density at radius 2 is 2.05 bits per heavy atom. The van der Waals surface area contributed by atoms with Crippen molar-refractivity contribution in [3.05, 3.63) is 58.4 Å². The zero-order chi connectivity index (χ0) is 15.6. The van der Waals surface area contributed by atoms with Gasteiger partial charge in [-0.1, -0.05) is 17.7 Å². The molecule has 2 aromatic carbocycles. The summed E-state index contributed by atoms with van der Waals surface area (Å²) in [4.78, 5) is 11.2. The third-order valence-electron chi connectivity index (χ3n) is 3.07. The number of phenolic OH excluding ortho intramolecular Hbond substituents is 1. The normalized spacial score (nSPS) is 12.0. The summed E-state index contributed by atoms with van der Waals surface area (Å²) in [6.45, 7) is 1.74. The molecule has 0 aromatic heterocycles. The molecule has 0 aliphatic rings. The van der Waals surface area contributed by atoms with E-state index in [1.807, 2.05) is 0 Å². The first-order chi connectivity index (χ1) is 9.88. The number of hydrogen-bond acceptors (Lipinski definition) is 3. The number of carbonyl (C=O) groups is 1. The SMILES string of the molecule is CC(Nc1cc(C(N)=O)ccc1Cl)c1ccc(O)cc1F. The Morgan fingerprint density at radius 3 is 2.67 bits per heavy atom. The largest absolute Gasteiger partial charge is 0.508 e. The number of nitrogens with one attached hydrogen (secondary N) is 1. The Bertz CT molecular complexity index is 691. The van der Waals surface area contributed by atoms with Crippen LogP contribution in [0.25, 0.3) is 0 Å². The van der Waals surface area contributed by atoms with E-state index < -0.39 is 17.8 Å². The van der Waals surface area contributed by atoms with Gasteiger partial charge in [-0.2, -0.15) is 0 Å². The maximum atomic E-state index is 13.8. The van der Waals surface area contributed by atoms with Gasteiger partial charge < -0.3 is 16.2 Å². The lowest BCUT2D eigenvalue weighted by molar-refractivity contribution is 0.100. The first-order valence-corrected chi connectivity index (χ1v) is 6.60. The zero-order valence-corrected chi connectivity index (χ0v) is 12.0. The molecule has 4 N–H and O–H groups in total. The van der Waals surface area contributed by atoms with Gasteiger partial charge in [-0.15, -0.1) is 0 Å². The standard InChI is InChI=1S/C15H14ClFN2O2/c1-8(11-4-3-10(20)7-13(11)17)19-14-6-9(15(18)21)2-5-12(14)16/h2-8,19-20H,1H3,(H2,18,21). The van der Waals surface area contributed by atoms with E-state index in [0.717, 1.165) is 6.07 Å². The molecule has 1 amide bonds. The summed E-state index contributed by atoms with van der Waals surface area (Å²) >= 11 is 6.05. The summed E-state index contributed by atoms with van der Waals surface area (Å²) in [7, 11) is 0. The highest BCUT2D eigenvalue weighted by Crippen LogP contribution is 2.29. The van der Waals surface area contributed by atoms with Crippen LogP contribution >= 0.6 is 11.6 Å². The van der Waals surface area contributed by atoms with E-state index >= 15 is 0 Å². The lowest BCUT2D eigenvalue weighted by atomic mass is 10.1. The molecular formula is C15H14ClFN2O2. The van der Waals surface area contributed by atoms with E-state index in [1.165, 1.54) is 24.3 Å². The van der Waals surface area contributed by atoms with Crippen molar-refractivity contribution in [2.75, 3.05) is 5.32 Å². The molecule has 6 heteroatoms. The van der Waals surface area contributed by atoms with Crippen LogP contribution in [0.4, 0.5) is 10.1 Å². The number of amides is 1. The van der Waals surface area contributed by atoms with Crippen molar-refractivity contribution in [3.63, 3.8) is 0 Å². The molecule has 21 heavy (non-hydrogen) atoms.